The molecule has 0 unspecified atom stereocenters. The second-order valence-corrected chi connectivity index (χ2v) is 6.82. The first kappa shape index (κ1) is 13.9. The van der Waals surface area contributed by atoms with Crippen molar-refractivity contribution in [3.8, 4) is 0 Å². The summed E-state index contributed by atoms with van der Waals surface area (Å²) in [6, 6.07) is 17.5. The first-order valence-electron chi connectivity index (χ1n) is 7.77. The van der Waals surface area contributed by atoms with Gasteiger partial charge in [-0.05, 0) is 35.6 Å². The normalized spacial score (nSPS) is 15.1. The number of fused-ring (bicyclic) bond motifs is 3. The van der Waals surface area contributed by atoms with Gasteiger partial charge in [-0.15, -0.1) is 11.8 Å². The SMILES string of the molecule is CSc1ccc2[nH]c3c(c2c1)CN(Cc1ccccc1)CC3. The molecule has 1 aliphatic rings. The molecule has 0 saturated heterocycles. The van der Waals surface area contributed by atoms with E-state index >= 15 is 0 Å². The van der Waals surface area contributed by atoms with Crippen molar-refractivity contribution in [1.29, 1.82) is 0 Å². The summed E-state index contributed by atoms with van der Waals surface area (Å²) in [6.45, 7) is 3.21. The van der Waals surface area contributed by atoms with E-state index in [1.54, 1.807) is 0 Å². The third kappa shape index (κ3) is 2.55. The third-order valence-corrected chi connectivity index (χ3v) is 5.24. The molecule has 1 N–H and O–H groups in total. The fourth-order valence-corrected chi connectivity index (χ4v) is 3.79. The summed E-state index contributed by atoms with van der Waals surface area (Å²) in [4.78, 5) is 7.51. The zero-order chi connectivity index (χ0) is 14.9. The number of rotatable bonds is 3. The monoisotopic (exact) mass is 308 g/mol. The van der Waals surface area contributed by atoms with Crippen molar-refractivity contribution in [1.82, 2.24) is 9.88 Å². The van der Waals surface area contributed by atoms with Gasteiger partial charge in [0, 0.05) is 47.5 Å². The second-order valence-electron chi connectivity index (χ2n) is 5.94. The van der Waals surface area contributed by atoms with Crippen LogP contribution in [0.15, 0.2) is 53.4 Å². The molecular weight excluding hydrogens is 288 g/mol. The predicted molar refractivity (Wildman–Crippen MR) is 94.3 cm³/mol. The van der Waals surface area contributed by atoms with Crippen LogP contribution in [-0.2, 0) is 19.5 Å². The highest BCUT2D eigenvalue weighted by Gasteiger charge is 2.20. The number of nitrogens with zero attached hydrogens (tertiary/aromatic N) is 1. The predicted octanol–water partition coefficient (Wildman–Crippen LogP) is 4.45. The largest absolute Gasteiger partial charge is 0.358 e. The van der Waals surface area contributed by atoms with Gasteiger partial charge in [0.05, 0.1) is 0 Å². The summed E-state index contributed by atoms with van der Waals surface area (Å²) < 4.78 is 0. The van der Waals surface area contributed by atoms with Gasteiger partial charge >= 0.3 is 0 Å². The van der Waals surface area contributed by atoms with E-state index in [0.29, 0.717) is 0 Å². The number of hydrogen-bond donors (Lipinski definition) is 1. The standard InChI is InChI=1S/C19H20N2S/c1-22-15-7-8-18-16(11-15)17-13-21(10-9-19(17)20-18)12-14-5-3-2-4-6-14/h2-8,11,20H,9-10,12-13H2,1H3. The van der Waals surface area contributed by atoms with Crippen LogP contribution in [0.2, 0.25) is 0 Å². The molecule has 2 aromatic carbocycles. The van der Waals surface area contributed by atoms with Crippen molar-refractivity contribution in [3.63, 3.8) is 0 Å². The Morgan fingerprint density at radius 1 is 1.14 bits per heavy atom. The van der Waals surface area contributed by atoms with Crippen LogP contribution in [0.5, 0.6) is 0 Å². The van der Waals surface area contributed by atoms with E-state index in [4.69, 9.17) is 0 Å². The van der Waals surface area contributed by atoms with E-state index < -0.39 is 0 Å². The van der Waals surface area contributed by atoms with E-state index in [-0.39, 0.29) is 0 Å². The molecule has 0 amide bonds. The molecule has 0 bridgehead atoms. The van der Waals surface area contributed by atoms with Crippen molar-refractivity contribution in [2.45, 2.75) is 24.4 Å². The highest BCUT2D eigenvalue weighted by Crippen LogP contribution is 2.31. The Morgan fingerprint density at radius 3 is 2.82 bits per heavy atom. The smallest absolute Gasteiger partial charge is 0.0460 e. The van der Waals surface area contributed by atoms with Gasteiger partial charge in [-0.2, -0.15) is 0 Å². The van der Waals surface area contributed by atoms with Crippen LogP contribution in [0.25, 0.3) is 10.9 Å². The Morgan fingerprint density at radius 2 is 2.00 bits per heavy atom. The fourth-order valence-electron chi connectivity index (χ4n) is 3.35. The van der Waals surface area contributed by atoms with Crippen LogP contribution >= 0.6 is 11.8 Å². The molecule has 0 radical (unpaired) electrons. The van der Waals surface area contributed by atoms with Crippen LogP contribution in [0.1, 0.15) is 16.8 Å². The molecule has 0 aliphatic carbocycles. The van der Waals surface area contributed by atoms with Crippen molar-refractivity contribution < 1.29 is 0 Å². The van der Waals surface area contributed by atoms with Crippen LogP contribution < -0.4 is 0 Å². The summed E-state index contributed by atoms with van der Waals surface area (Å²) >= 11 is 1.81. The molecular formula is C19H20N2S. The summed E-state index contributed by atoms with van der Waals surface area (Å²) in [5, 5.41) is 1.40. The third-order valence-electron chi connectivity index (χ3n) is 4.51. The molecule has 22 heavy (non-hydrogen) atoms. The zero-order valence-corrected chi connectivity index (χ0v) is 13.6. The molecule has 1 aliphatic heterocycles. The molecule has 0 fully saturated rings. The summed E-state index contributed by atoms with van der Waals surface area (Å²) in [5.41, 5.74) is 5.60. The van der Waals surface area contributed by atoms with E-state index in [1.807, 2.05) is 11.8 Å². The Bertz CT molecular complexity index is 792. The lowest BCUT2D eigenvalue weighted by atomic mass is 10.0. The maximum Gasteiger partial charge on any atom is 0.0460 e. The maximum absolute atomic E-state index is 3.62. The summed E-state index contributed by atoms with van der Waals surface area (Å²) in [7, 11) is 0. The van der Waals surface area contributed by atoms with Crippen molar-refractivity contribution in [2.75, 3.05) is 12.8 Å². The number of benzene rings is 2. The highest BCUT2D eigenvalue weighted by atomic mass is 32.2. The topological polar surface area (TPSA) is 19.0 Å². The van der Waals surface area contributed by atoms with Gasteiger partial charge in [0.15, 0.2) is 0 Å². The lowest BCUT2D eigenvalue weighted by molar-refractivity contribution is 0.245. The minimum Gasteiger partial charge on any atom is -0.358 e. The first-order valence-corrected chi connectivity index (χ1v) is 9.00. The molecule has 2 nitrogen and oxygen atoms in total. The Hall–Kier alpha value is -1.71. The quantitative estimate of drug-likeness (QED) is 0.721. The van der Waals surface area contributed by atoms with Gasteiger partial charge in [0.1, 0.15) is 0 Å². The van der Waals surface area contributed by atoms with Crippen LogP contribution in [0.3, 0.4) is 0 Å². The minimum absolute atomic E-state index is 1.04. The highest BCUT2D eigenvalue weighted by molar-refractivity contribution is 7.98. The molecule has 112 valence electrons. The van der Waals surface area contributed by atoms with Crippen molar-refractivity contribution in [2.24, 2.45) is 0 Å². The molecule has 2 heterocycles. The van der Waals surface area contributed by atoms with Crippen LogP contribution in [0.4, 0.5) is 0 Å². The van der Waals surface area contributed by atoms with Crippen molar-refractivity contribution in [3.05, 3.63) is 65.4 Å². The Kier molecular flexibility index (Phi) is 3.68. The van der Waals surface area contributed by atoms with Crippen molar-refractivity contribution >= 4 is 22.7 Å². The van der Waals surface area contributed by atoms with Crippen LogP contribution in [-0.4, -0.2) is 22.7 Å². The summed E-state index contributed by atoms with van der Waals surface area (Å²) in [6.07, 6.45) is 3.26. The van der Waals surface area contributed by atoms with Gasteiger partial charge in [-0.1, -0.05) is 30.3 Å². The Labute approximate surface area is 135 Å². The summed E-state index contributed by atoms with van der Waals surface area (Å²) in [5.74, 6) is 0. The number of hydrogen-bond acceptors (Lipinski definition) is 2. The van der Waals surface area contributed by atoms with Gasteiger partial charge in [0.25, 0.3) is 0 Å². The maximum atomic E-state index is 3.62. The number of nitrogens with one attached hydrogen (secondary N) is 1. The van der Waals surface area contributed by atoms with Gasteiger partial charge in [0.2, 0.25) is 0 Å². The number of aromatic amines is 1. The molecule has 3 heteroatoms. The lowest BCUT2D eigenvalue weighted by Gasteiger charge is -2.27. The van der Waals surface area contributed by atoms with Gasteiger partial charge in [-0.3, -0.25) is 4.90 Å². The average molecular weight is 308 g/mol. The molecule has 4 rings (SSSR count). The van der Waals surface area contributed by atoms with Gasteiger partial charge in [-0.25, -0.2) is 0 Å². The minimum atomic E-state index is 1.04. The van der Waals surface area contributed by atoms with E-state index in [9.17, 15) is 0 Å². The average Bonchev–Trinajstić information content (AvgIpc) is 2.93. The number of aromatic nitrogens is 1. The first-order chi connectivity index (χ1) is 10.8. The van der Waals surface area contributed by atoms with Gasteiger partial charge < -0.3 is 4.98 Å². The molecule has 0 spiro atoms. The van der Waals surface area contributed by atoms with E-state index in [0.717, 1.165) is 26.1 Å². The van der Waals surface area contributed by atoms with Crippen LogP contribution in [0, 0.1) is 0 Å². The number of H-pyrrole nitrogens is 1. The molecule has 1 aromatic heterocycles. The Balaban J connectivity index is 1.64. The fraction of sp³-hybridized carbons (Fsp3) is 0.263. The van der Waals surface area contributed by atoms with E-state index in [1.165, 1.54) is 32.6 Å². The molecule has 0 saturated carbocycles. The number of thioether (sulfide) groups is 1. The molecule has 0 atom stereocenters. The van der Waals surface area contributed by atoms with E-state index in [2.05, 4.69) is 64.7 Å². The zero-order valence-electron chi connectivity index (χ0n) is 12.8. The lowest BCUT2D eigenvalue weighted by Crippen LogP contribution is -2.29. The second kappa shape index (κ2) is 5.82. The molecule has 3 aromatic rings.